The number of rotatable bonds is 6. The van der Waals surface area contributed by atoms with Gasteiger partial charge in [0.15, 0.2) is 0 Å². The van der Waals surface area contributed by atoms with Gasteiger partial charge in [-0.3, -0.25) is 4.79 Å². The first-order chi connectivity index (χ1) is 10.3. The quantitative estimate of drug-likeness (QED) is 0.790. The Hall–Kier alpha value is -2.51. The molecule has 0 unspecified atom stereocenters. The van der Waals surface area contributed by atoms with Crippen molar-refractivity contribution < 1.29 is 32.6 Å². The second-order valence-corrected chi connectivity index (χ2v) is 4.27. The van der Waals surface area contributed by atoms with E-state index in [0.717, 1.165) is 12.1 Å². The molecule has 0 spiro atoms. The van der Waals surface area contributed by atoms with Crippen LogP contribution in [0.4, 0.5) is 18.0 Å². The second-order valence-electron chi connectivity index (χ2n) is 4.27. The molecule has 0 heterocycles. The van der Waals surface area contributed by atoms with Crippen molar-refractivity contribution in [2.75, 3.05) is 6.61 Å². The molecule has 2 N–H and O–H groups in total. The van der Waals surface area contributed by atoms with Gasteiger partial charge < -0.3 is 15.2 Å². The number of hydrogen-bond acceptors (Lipinski definition) is 3. The van der Waals surface area contributed by atoms with Gasteiger partial charge in [-0.15, -0.1) is 0 Å². The number of hydrogen-bond donors (Lipinski definition) is 2. The molecule has 5 nitrogen and oxygen atoms in total. The zero-order chi connectivity index (χ0) is 16.8. The normalized spacial score (nSPS) is 12.3. The van der Waals surface area contributed by atoms with Crippen LogP contribution in [0.1, 0.15) is 23.6 Å². The van der Waals surface area contributed by atoms with E-state index in [1.807, 2.05) is 0 Å². The molecule has 22 heavy (non-hydrogen) atoms. The van der Waals surface area contributed by atoms with Gasteiger partial charge in [-0.1, -0.05) is 30.9 Å². The first-order valence-corrected chi connectivity index (χ1v) is 6.17. The van der Waals surface area contributed by atoms with Crippen molar-refractivity contribution in [3.8, 4) is 0 Å². The summed E-state index contributed by atoms with van der Waals surface area (Å²) < 4.78 is 43.6. The molecular formula is C14H14F3NO4. The number of aliphatic carboxylic acids is 1. The summed E-state index contributed by atoms with van der Waals surface area (Å²) in [6, 6.07) is 3.08. The van der Waals surface area contributed by atoms with Crippen molar-refractivity contribution in [1.29, 1.82) is 0 Å². The second kappa shape index (κ2) is 7.48. The fourth-order valence-corrected chi connectivity index (χ4v) is 1.79. The Kier molecular flexibility index (Phi) is 5.97. The highest BCUT2D eigenvalue weighted by atomic mass is 19.4. The fraction of sp³-hybridized carbons (Fsp3) is 0.286. The van der Waals surface area contributed by atoms with Gasteiger partial charge >= 0.3 is 18.2 Å². The maximum absolute atomic E-state index is 13.0. The van der Waals surface area contributed by atoms with Crippen LogP contribution in [0.25, 0.3) is 0 Å². The van der Waals surface area contributed by atoms with Crippen molar-refractivity contribution in [2.24, 2.45) is 0 Å². The number of nitrogens with one attached hydrogen (secondary N) is 1. The largest absolute Gasteiger partial charge is 0.481 e. The molecule has 1 atom stereocenters. The highest BCUT2D eigenvalue weighted by molar-refractivity contribution is 5.72. The first-order valence-electron chi connectivity index (χ1n) is 6.17. The zero-order valence-corrected chi connectivity index (χ0v) is 11.4. The van der Waals surface area contributed by atoms with Crippen LogP contribution in [-0.4, -0.2) is 23.8 Å². The van der Waals surface area contributed by atoms with E-state index >= 15 is 0 Å². The van der Waals surface area contributed by atoms with Crippen molar-refractivity contribution in [2.45, 2.75) is 18.6 Å². The van der Waals surface area contributed by atoms with Crippen LogP contribution < -0.4 is 5.32 Å². The first kappa shape index (κ1) is 17.5. The van der Waals surface area contributed by atoms with E-state index in [9.17, 15) is 22.8 Å². The number of halogens is 3. The van der Waals surface area contributed by atoms with Crippen LogP contribution in [0.5, 0.6) is 0 Å². The average molecular weight is 317 g/mol. The highest BCUT2D eigenvalue weighted by Gasteiger charge is 2.35. The molecule has 1 aromatic rings. The molecule has 0 aliphatic carbocycles. The van der Waals surface area contributed by atoms with Crippen LogP contribution in [0, 0.1) is 0 Å². The summed E-state index contributed by atoms with van der Waals surface area (Å²) in [5, 5.41) is 11.0. The summed E-state index contributed by atoms with van der Waals surface area (Å²) in [6.45, 7) is 3.17. The SMILES string of the molecule is C=CCOC(=O)N[C@@H](CC(=O)O)c1ccccc1C(F)(F)F. The van der Waals surface area contributed by atoms with Crippen molar-refractivity contribution in [3.05, 3.63) is 48.0 Å². The maximum atomic E-state index is 13.0. The van der Waals surface area contributed by atoms with Crippen LogP contribution in [0.2, 0.25) is 0 Å². The maximum Gasteiger partial charge on any atom is 0.416 e. The number of carboxylic acids is 1. The number of carbonyl (C=O) groups excluding carboxylic acids is 1. The smallest absolute Gasteiger partial charge is 0.416 e. The van der Waals surface area contributed by atoms with E-state index < -0.39 is 36.3 Å². The average Bonchev–Trinajstić information content (AvgIpc) is 2.43. The summed E-state index contributed by atoms with van der Waals surface area (Å²) in [7, 11) is 0. The molecule has 1 aromatic carbocycles. The number of carbonyl (C=O) groups is 2. The Morgan fingerprint density at radius 3 is 2.55 bits per heavy atom. The standard InChI is InChI=1S/C14H14F3NO4/c1-2-7-22-13(21)18-11(8-12(19)20)9-5-3-4-6-10(9)14(15,16)17/h2-6,11H,1,7-8H2,(H,18,21)(H,19,20)/t11-/m0/s1. The molecule has 1 rings (SSSR count). The number of benzene rings is 1. The van der Waals surface area contributed by atoms with Gasteiger partial charge in [-0.2, -0.15) is 13.2 Å². The Balaban J connectivity index is 3.09. The lowest BCUT2D eigenvalue weighted by Crippen LogP contribution is -2.32. The van der Waals surface area contributed by atoms with Crippen LogP contribution in [0.3, 0.4) is 0 Å². The van der Waals surface area contributed by atoms with Gasteiger partial charge in [0.25, 0.3) is 0 Å². The van der Waals surface area contributed by atoms with E-state index in [0.29, 0.717) is 0 Å². The number of alkyl carbamates (subject to hydrolysis) is 1. The summed E-state index contributed by atoms with van der Waals surface area (Å²) in [6.07, 6.45) is -5.13. The Bertz CT molecular complexity index is 557. The Morgan fingerprint density at radius 2 is 2.00 bits per heavy atom. The highest BCUT2D eigenvalue weighted by Crippen LogP contribution is 2.35. The molecule has 0 radical (unpaired) electrons. The molecule has 0 saturated heterocycles. The molecule has 8 heteroatoms. The van der Waals surface area contributed by atoms with Crippen LogP contribution >= 0.6 is 0 Å². The minimum Gasteiger partial charge on any atom is -0.481 e. The summed E-state index contributed by atoms with van der Waals surface area (Å²) in [5.74, 6) is -1.36. The van der Waals surface area contributed by atoms with Crippen molar-refractivity contribution in [1.82, 2.24) is 5.32 Å². The molecule has 0 aliphatic heterocycles. The molecule has 0 aromatic heterocycles. The van der Waals surface area contributed by atoms with E-state index in [1.165, 1.54) is 18.2 Å². The lowest BCUT2D eigenvalue weighted by atomic mass is 9.97. The molecule has 0 saturated carbocycles. The minimum absolute atomic E-state index is 0.146. The van der Waals surface area contributed by atoms with Gasteiger partial charge in [0.05, 0.1) is 18.0 Å². The molecular weight excluding hydrogens is 303 g/mol. The minimum atomic E-state index is -4.67. The van der Waals surface area contributed by atoms with Crippen LogP contribution in [0.15, 0.2) is 36.9 Å². The number of ether oxygens (including phenoxy) is 1. The lowest BCUT2D eigenvalue weighted by Gasteiger charge is -2.21. The van der Waals surface area contributed by atoms with E-state index in [2.05, 4.69) is 16.6 Å². The van der Waals surface area contributed by atoms with Gasteiger partial charge in [0.2, 0.25) is 0 Å². The van der Waals surface area contributed by atoms with E-state index in [1.54, 1.807) is 0 Å². The Labute approximate surface area is 124 Å². The topological polar surface area (TPSA) is 75.6 Å². The fourth-order valence-electron chi connectivity index (χ4n) is 1.79. The molecule has 0 bridgehead atoms. The monoisotopic (exact) mass is 317 g/mol. The zero-order valence-electron chi connectivity index (χ0n) is 11.4. The predicted molar refractivity (Wildman–Crippen MR) is 71.1 cm³/mol. The predicted octanol–water partition coefficient (Wildman–Crippen LogP) is 3.13. The van der Waals surface area contributed by atoms with E-state index in [-0.39, 0.29) is 12.2 Å². The van der Waals surface area contributed by atoms with Crippen molar-refractivity contribution in [3.63, 3.8) is 0 Å². The van der Waals surface area contributed by atoms with Gasteiger partial charge in [0, 0.05) is 0 Å². The van der Waals surface area contributed by atoms with Crippen molar-refractivity contribution >= 4 is 12.1 Å². The van der Waals surface area contributed by atoms with Crippen LogP contribution in [-0.2, 0) is 15.7 Å². The van der Waals surface area contributed by atoms with Gasteiger partial charge in [-0.05, 0) is 11.6 Å². The molecule has 0 fully saturated rings. The summed E-state index contributed by atoms with van der Waals surface area (Å²) in [5.41, 5.74) is -1.35. The van der Waals surface area contributed by atoms with Gasteiger partial charge in [0.1, 0.15) is 6.61 Å². The van der Waals surface area contributed by atoms with E-state index in [4.69, 9.17) is 5.11 Å². The third-order valence-electron chi connectivity index (χ3n) is 2.64. The Morgan fingerprint density at radius 1 is 1.36 bits per heavy atom. The third kappa shape index (κ3) is 5.12. The summed E-state index contributed by atoms with van der Waals surface area (Å²) >= 11 is 0. The third-order valence-corrected chi connectivity index (χ3v) is 2.64. The molecule has 120 valence electrons. The molecule has 1 amide bonds. The van der Waals surface area contributed by atoms with Gasteiger partial charge in [-0.25, -0.2) is 4.79 Å². The summed E-state index contributed by atoms with van der Waals surface area (Å²) in [4.78, 5) is 22.3. The lowest BCUT2D eigenvalue weighted by molar-refractivity contribution is -0.140. The molecule has 0 aliphatic rings. The number of carboxylic acid groups (broad SMARTS) is 1. The number of alkyl halides is 3. The number of amides is 1.